The van der Waals surface area contributed by atoms with Crippen molar-refractivity contribution in [3.8, 4) is 0 Å². The maximum Gasteiger partial charge on any atom is 0.254 e. The van der Waals surface area contributed by atoms with Gasteiger partial charge >= 0.3 is 0 Å². The van der Waals surface area contributed by atoms with Crippen LogP contribution in [-0.2, 0) is 0 Å². The molecule has 1 atom stereocenters. The molecule has 1 amide bonds. The van der Waals surface area contributed by atoms with Crippen molar-refractivity contribution in [1.29, 1.82) is 0 Å². The number of hydrogen-bond acceptors (Lipinski definition) is 3. The van der Waals surface area contributed by atoms with E-state index in [-0.39, 0.29) is 11.9 Å². The average molecular weight is 242 g/mol. The monoisotopic (exact) mass is 242 g/mol. The molecule has 5 heteroatoms. The molecule has 0 saturated heterocycles. The molecule has 0 aliphatic carbocycles. The molecule has 0 aliphatic rings. The molecule has 0 radical (unpaired) electrons. The van der Waals surface area contributed by atoms with Crippen molar-refractivity contribution in [2.45, 2.75) is 19.4 Å². The molecular weight excluding hydrogens is 228 g/mol. The summed E-state index contributed by atoms with van der Waals surface area (Å²) in [6, 6.07) is 1.85. The van der Waals surface area contributed by atoms with Crippen LogP contribution in [-0.4, -0.2) is 28.9 Å². The maximum atomic E-state index is 11.9. The first kappa shape index (κ1) is 12.1. The van der Waals surface area contributed by atoms with Crippen LogP contribution in [0.25, 0.3) is 0 Å². The number of hydrogen-bond donors (Lipinski definition) is 1. The number of thiocarbonyl (C=S) groups is 1. The van der Waals surface area contributed by atoms with E-state index in [2.05, 4.69) is 0 Å². The predicted molar refractivity (Wildman–Crippen MR) is 67.3 cm³/mol. The topological polar surface area (TPSA) is 46.3 Å². The highest BCUT2D eigenvalue weighted by atomic mass is 32.1. The Morgan fingerprint density at radius 3 is 2.87 bits per heavy atom. The van der Waals surface area contributed by atoms with E-state index in [0.29, 0.717) is 11.4 Å². The minimum Gasteiger partial charge on any atom is -0.393 e. The Labute approximate surface area is 98.9 Å². The summed E-state index contributed by atoms with van der Waals surface area (Å²) in [6.07, 6.45) is 0.557. The summed E-state index contributed by atoms with van der Waals surface area (Å²) < 4.78 is 0. The zero-order chi connectivity index (χ0) is 11.4. The van der Waals surface area contributed by atoms with Gasteiger partial charge in [0, 0.05) is 24.9 Å². The molecule has 0 aliphatic heterocycles. The Balaban J connectivity index is 2.64. The lowest BCUT2D eigenvalue weighted by molar-refractivity contribution is 0.0748. The standard InChI is InChI=1S/C10H14N2OS2/c1-7(5-9(11)14)12(2)10(13)8-3-4-15-6-8/h3-4,6-7H,5H2,1-2H3,(H2,11,14). The van der Waals surface area contributed by atoms with Gasteiger partial charge in [0.1, 0.15) is 0 Å². The fourth-order valence-electron chi connectivity index (χ4n) is 1.22. The first-order chi connectivity index (χ1) is 7.02. The molecule has 1 aromatic rings. The summed E-state index contributed by atoms with van der Waals surface area (Å²) in [5.41, 5.74) is 6.17. The molecule has 0 saturated carbocycles. The fourth-order valence-corrected chi connectivity index (χ4v) is 2.09. The Bertz CT molecular complexity index is 348. The van der Waals surface area contributed by atoms with Gasteiger partial charge in [0.05, 0.1) is 10.6 Å². The highest BCUT2D eigenvalue weighted by Gasteiger charge is 2.17. The van der Waals surface area contributed by atoms with Gasteiger partial charge in [-0.1, -0.05) is 12.2 Å². The van der Waals surface area contributed by atoms with E-state index in [9.17, 15) is 4.79 Å². The van der Waals surface area contributed by atoms with Crippen LogP contribution in [0, 0.1) is 0 Å². The summed E-state index contributed by atoms with van der Waals surface area (Å²) in [5.74, 6) is 0.0139. The largest absolute Gasteiger partial charge is 0.393 e. The van der Waals surface area contributed by atoms with Crippen LogP contribution in [0.4, 0.5) is 0 Å². The van der Waals surface area contributed by atoms with Gasteiger partial charge in [-0.15, -0.1) is 0 Å². The highest BCUT2D eigenvalue weighted by Crippen LogP contribution is 2.11. The molecule has 82 valence electrons. The number of thiophene rings is 1. The molecule has 0 bridgehead atoms. The Morgan fingerprint density at radius 1 is 1.73 bits per heavy atom. The van der Waals surface area contributed by atoms with Crippen LogP contribution < -0.4 is 5.73 Å². The minimum absolute atomic E-state index is 0.0139. The van der Waals surface area contributed by atoms with Gasteiger partial charge in [0.25, 0.3) is 5.91 Å². The lowest BCUT2D eigenvalue weighted by Crippen LogP contribution is -2.37. The molecule has 2 N–H and O–H groups in total. The summed E-state index contributed by atoms with van der Waals surface area (Å²) >= 11 is 6.33. The van der Waals surface area contributed by atoms with Gasteiger partial charge < -0.3 is 10.6 Å². The number of amides is 1. The van der Waals surface area contributed by atoms with Gasteiger partial charge in [-0.25, -0.2) is 0 Å². The van der Waals surface area contributed by atoms with E-state index in [4.69, 9.17) is 18.0 Å². The van der Waals surface area contributed by atoms with Crippen LogP contribution in [0.3, 0.4) is 0 Å². The normalized spacial score (nSPS) is 12.1. The molecule has 1 heterocycles. The number of nitrogens with two attached hydrogens (primary N) is 1. The van der Waals surface area contributed by atoms with Crippen LogP contribution in [0.2, 0.25) is 0 Å². The van der Waals surface area contributed by atoms with Crippen molar-refractivity contribution in [3.05, 3.63) is 22.4 Å². The first-order valence-corrected chi connectivity index (χ1v) is 5.95. The first-order valence-electron chi connectivity index (χ1n) is 4.60. The van der Waals surface area contributed by atoms with Gasteiger partial charge in [-0.3, -0.25) is 4.79 Å². The van der Waals surface area contributed by atoms with Crippen LogP contribution in [0.1, 0.15) is 23.7 Å². The molecule has 0 aromatic carbocycles. The fraction of sp³-hybridized carbons (Fsp3) is 0.400. The summed E-state index contributed by atoms with van der Waals surface area (Å²) in [5, 5.41) is 3.73. The summed E-state index contributed by atoms with van der Waals surface area (Å²) in [7, 11) is 1.77. The molecule has 1 aromatic heterocycles. The minimum atomic E-state index is 0.0139. The second kappa shape index (κ2) is 5.23. The van der Waals surface area contributed by atoms with Crippen molar-refractivity contribution in [2.24, 2.45) is 5.73 Å². The van der Waals surface area contributed by atoms with Crippen LogP contribution in [0.5, 0.6) is 0 Å². The lowest BCUT2D eigenvalue weighted by Gasteiger charge is -2.24. The van der Waals surface area contributed by atoms with Crippen LogP contribution >= 0.6 is 23.6 Å². The van der Waals surface area contributed by atoms with Crippen molar-refractivity contribution in [3.63, 3.8) is 0 Å². The summed E-state index contributed by atoms with van der Waals surface area (Å²) in [6.45, 7) is 1.93. The molecule has 3 nitrogen and oxygen atoms in total. The van der Waals surface area contributed by atoms with E-state index in [1.807, 2.05) is 23.8 Å². The van der Waals surface area contributed by atoms with E-state index in [0.717, 1.165) is 5.56 Å². The van der Waals surface area contributed by atoms with E-state index in [1.54, 1.807) is 11.9 Å². The highest BCUT2D eigenvalue weighted by molar-refractivity contribution is 7.80. The average Bonchev–Trinajstić information content (AvgIpc) is 2.67. The number of carbonyl (C=O) groups excluding carboxylic acids is 1. The predicted octanol–water partition coefficient (Wildman–Crippen LogP) is 1.88. The smallest absolute Gasteiger partial charge is 0.254 e. The maximum absolute atomic E-state index is 11.9. The van der Waals surface area contributed by atoms with Crippen molar-refractivity contribution >= 4 is 34.5 Å². The van der Waals surface area contributed by atoms with E-state index in [1.165, 1.54) is 11.3 Å². The SMILES string of the molecule is CC(CC(N)=S)N(C)C(=O)c1ccsc1. The second-order valence-corrected chi connectivity index (χ2v) is 4.75. The molecular formula is C10H14N2OS2. The van der Waals surface area contributed by atoms with Crippen molar-refractivity contribution < 1.29 is 4.79 Å². The third kappa shape index (κ3) is 3.28. The zero-order valence-electron chi connectivity index (χ0n) is 8.77. The van der Waals surface area contributed by atoms with Gasteiger partial charge in [-0.2, -0.15) is 11.3 Å². The number of carbonyl (C=O) groups is 1. The van der Waals surface area contributed by atoms with Crippen LogP contribution in [0.15, 0.2) is 16.8 Å². The van der Waals surface area contributed by atoms with E-state index >= 15 is 0 Å². The van der Waals surface area contributed by atoms with Crippen molar-refractivity contribution in [1.82, 2.24) is 4.90 Å². The Morgan fingerprint density at radius 2 is 2.40 bits per heavy atom. The molecule has 1 rings (SSSR count). The zero-order valence-corrected chi connectivity index (χ0v) is 10.4. The third-order valence-corrected chi connectivity index (χ3v) is 3.10. The Hall–Kier alpha value is -0.940. The van der Waals surface area contributed by atoms with E-state index < -0.39 is 0 Å². The Kier molecular flexibility index (Phi) is 4.23. The van der Waals surface area contributed by atoms with Gasteiger partial charge in [0.15, 0.2) is 0 Å². The second-order valence-electron chi connectivity index (χ2n) is 3.45. The molecule has 1 unspecified atom stereocenters. The van der Waals surface area contributed by atoms with Gasteiger partial charge in [0.2, 0.25) is 0 Å². The number of rotatable bonds is 4. The van der Waals surface area contributed by atoms with Gasteiger partial charge in [-0.05, 0) is 18.4 Å². The van der Waals surface area contributed by atoms with Crippen molar-refractivity contribution in [2.75, 3.05) is 7.05 Å². The molecule has 0 spiro atoms. The molecule has 0 fully saturated rings. The summed E-state index contributed by atoms with van der Waals surface area (Å²) in [4.78, 5) is 14.0. The molecule has 15 heavy (non-hydrogen) atoms. The lowest BCUT2D eigenvalue weighted by atomic mass is 10.2. The quantitative estimate of drug-likeness (QED) is 0.820. The third-order valence-electron chi connectivity index (χ3n) is 2.25. The number of nitrogens with zero attached hydrogens (tertiary/aromatic N) is 1.